The quantitative estimate of drug-likeness (QED) is 0.399. The maximum atomic E-state index is 12.5. The lowest BCUT2D eigenvalue weighted by Crippen LogP contribution is -2.23. The number of methoxy groups -OCH3 is 1. The Morgan fingerprint density at radius 2 is 1.94 bits per heavy atom. The van der Waals surface area contributed by atoms with Crippen LogP contribution < -0.4 is 20.5 Å². The number of hydrogen-bond acceptors (Lipinski definition) is 4. The van der Waals surface area contributed by atoms with E-state index in [9.17, 15) is 4.79 Å². The second kappa shape index (κ2) is 11.8. The summed E-state index contributed by atoms with van der Waals surface area (Å²) in [5.74, 6) is 1.22. The molecule has 0 saturated heterocycles. The zero-order valence-electron chi connectivity index (χ0n) is 19.6. The number of amides is 1. The molecule has 3 N–H and O–H groups in total. The van der Waals surface area contributed by atoms with Crippen LogP contribution in [0.15, 0.2) is 83.7 Å². The van der Waals surface area contributed by atoms with Gasteiger partial charge < -0.3 is 20.5 Å². The van der Waals surface area contributed by atoms with Crippen LogP contribution in [-0.4, -0.2) is 13.0 Å². The molecule has 5 heteroatoms. The van der Waals surface area contributed by atoms with E-state index in [-0.39, 0.29) is 5.91 Å². The zero-order valence-corrected chi connectivity index (χ0v) is 19.6. The first-order valence-electron chi connectivity index (χ1n) is 11.1. The third-order valence-corrected chi connectivity index (χ3v) is 5.29. The maximum absolute atomic E-state index is 12.5. The molecule has 0 spiro atoms. The Hall–Kier alpha value is -3.73. The average molecular weight is 445 g/mol. The van der Waals surface area contributed by atoms with Crippen molar-refractivity contribution in [2.75, 3.05) is 7.11 Å². The van der Waals surface area contributed by atoms with E-state index in [2.05, 4.69) is 25.2 Å². The van der Waals surface area contributed by atoms with Gasteiger partial charge in [0, 0.05) is 22.9 Å². The van der Waals surface area contributed by atoms with Gasteiger partial charge in [-0.15, -0.1) is 0 Å². The van der Waals surface area contributed by atoms with Crippen LogP contribution in [0.25, 0.3) is 6.08 Å². The van der Waals surface area contributed by atoms with Crippen LogP contribution in [0.2, 0.25) is 0 Å². The average Bonchev–Trinajstić information content (AvgIpc) is 2.82. The van der Waals surface area contributed by atoms with Gasteiger partial charge in [-0.25, -0.2) is 0 Å². The van der Waals surface area contributed by atoms with Gasteiger partial charge in [-0.3, -0.25) is 4.79 Å². The molecule has 5 nitrogen and oxygen atoms in total. The number of ether oxygens (including phenoxy) is 2. The molecule has 0 radical (unpaired) electrons. The first kappa shape index (κ1) is 23.9. The van der Waals surface area contributed by atoms with Crippen molar-refractivity contribution in [3.05, 3.63) is 100 Å². The van der Waals surface area contributed by atoms with Crippen LogP contribution >= 0.6 is 0 Å². The van der Waals surface area contributed by atoms with Gasteiger partial charge in [0.2, 0.25) is 5.91 Å². The predicted molar refractivity (Wildman–Crippen MR) is 134 cm³/mol. The fraction of sp³-hybridized carbons (Fsp3) is 0.250. The van der Waals surface area contributed by atoms with Crippen molar-refractivity contribution in [3.63, 3.8) is 0 Å². The highest BCUT2D eigenvalue weighted by atomic mass is 16.5. The number of rotatable bonds is 9. The van der Waals surface area contributed by atoms with Gasteiger partial charge in [-0.2, -0.15) is 0 Å². The van der Waals surface area contributed by atoms with E-state index in [1.807, 2.05) is 54.6 Å². The summed E-state index contributed by atoms with van der Waals surface area (Å²) < 4.78 is 11.9. The fourth-order valence-corrected chi connectivity index (χ4v) is 3.49. The summed E-state index contributed by atoms with van der Waals surface area (Å²) in [6.07, 6.45) is 11.6. The van der Waals surface area contributed by atoms with Crippen LogP contribution in [-0.2, 0) is 17.8 Å². The molecule has 3 rings (SSSR count). The van der Waals surface area contributed by atoms with E-state index in [0.29, 0.717) is 30.2 Å². The van der Waals surface area contributed by atoms with Gasteiger partial charge in [0.15, 0.2) is 0 Å². The van der Waals surface area contributed by atoms with Crippen molar-refractivity contribution >= 4 is 12.0 Å². The number of nitrogens with one attached hydrogen (secondary N) is 1. The van der Waals surface area contributed by atoms with Gasteiger partial charge >= 0.3 is 0 Å². The van der Waals surface area contributed by atoms with Gasteiger partial charge in [-0.05, 0) is 63.0 Å². The standard InChI is InChI=1S/C28H32N2O3/c1-20(2)13-16-23-26(32-3)17-14-22(28(23)33-19-21-9-5-4-6-10-21)15-18-27(31)30-25-12-8-7-11-24(25)29/h4-6,8-10,12-15,17-18H,7,11,16,19,29H2,1-3H3,(H,30,31)/b18-15+. The van der Waals surface area contributed by atoms with Gasteiger partial charge in [0.25, 0.3) is 0 Å². The molecule has 172 valence electrons. The molecule has 0 aromatic heterocycles. The van der Waals surface area contributed by atoms with Crippen LogP contribution in [0.5, 0.6) is 11.5 Å². The number of nitrogens with two attached hydrogens (primary N) is 1. The number of carbonyl (C=O) groups is 1. The minimum Gasteiger partial charge on any atom is -0.496 e. The highest BCUT2D eigenvalue weighted by Crippen LogP contribution is 2.35. The molecule has 0 unspecified atom stereocenters. The van der Waals surface area contributed by atoms with E-state index in [1.165, 1.54) is 11.6 Å². The summed E-state index contributed by atoms with van der Waals surface area (Å²) in [4.78, 5) is 12.5. The summed E-state index contributed by atoms with van der Waals surface area (Å²) in [5.41, 5.74) is 11.4. The normalized spacial score (nSPS) is 13.2. The summed E-state index contributed by atoms with van der Waals surface area (Å²) in [6, 6.07) is 13.8. The molecule has 33 heavy (non-hydrogen) atoms. The molecule has 0 fully saturated rings. The molecule has 1 aliphatic carbocycles. The minimum atomic E-state index is -0.241. The second-order valence-corrected chi connectivity index (χ2v) is 8.13. The Morgan fingerprint density at radius 1 is 1.15 bits per heavy atom. The molecule has 0 aliphatic heterocycles. The molecule has 2 aromatic rings. The van der Waals surface area contributed by atoms with Gasteiger partial charge in [0.05, 0.1) is 12.8 Å². The third kappa shape index (κ3) is 6.88. The maximum Gasteiger partial charge on any atom is 0.248 e. The zero-order chi connectivity index (χ0) is 23.6. The molecule has 0 bridgehead atoms. The van der Waals surface area contributed by atoms with Gasteiger partial charge in [0.1, 0.15) is 18.1 Å². The van der Waals surface area contributed by atoms with E-state index >= 15 is 0 Å². The van der Waals surface area contributed by atoms with Crippen molar-refractivity contribution in [2.45, 2.75) is 39.7 Å². The van der Waals surface area contributed by atoms with Crippen molar-refractivity contribution in [3.8, 4) is 11.5 Å². The molecule has 1 aliphatic rings. The number of allylic oxidation sites excluding steroid dienone is 5. The van der Waals surface area contributed by atoms with Crippen molar-refractivity contribution in [1.29, 1.82) is 0 Å². The van der Waals surface area contributed by atoms with E-state index in [1.54, 1.807) is 13.2 Å². The monoisotopic (exact) mass is 444 g/mol. The number of carbonyl (C=O) groups excluding carboxylic acids is 1. The molecule has 0 atom stereocenters. The summed E-state index contributed by atoms with van der Waals surface area (Å²) in [6.45, 7) is 4.54. The summed E-state index contributed by atoms with van der Waals surface area (Å²) in [7, 11) is 1.65. The topological polar surface area (TPSA) is 73.6 Å². The molecular weight excluding hydrogens is 412 g/mol. The highest BCUT2D eigenvalue weighted by molar-refractivity contribution is 5.93. The van der Waals surface area contributed by atoms with E-state index < -0.39 is 0 Å². The van der Waals surface area contributed by atoms with Crippen molar-refractivity contribution < 1.29 is 14.3 Å². The minimum absolute atomic E-state index is 0.241. The van der Waals surface area contributed by atoms with Gasteiger partial charge in [-0.1, -0.05) is 48.1 Å². The molecule has 1 amide bonds. The highest BCUT2D eigenvalue weighted by Gasteiger charge is 2.15. The number of hydrogen-bond donors (Lipinski definition) is 2. The Bertz CT molecular complexity index is 1090. The summed E-state index contributed by atoms with van der Waals surface area (Å²) in [5, 5.41) is 2.86. The molecular formula is C28H32N2O3. The SMILES string of the molecule is COc1ccc(/C=C/C(=O)NC2=C(N)CCC=C2)c(OCc2ccccc2)c1CC=C(C)C. The summed E-state index contributed by atoms with van der Waals surface area (Å²) >= 11 is 0. The van der Waals surface area contributed by atoms with E-state index in [0.717, 1.165) is 35.3 Å². The molecule has 0 heterocycles. The molecule has 0 saturated carbocycles. The Morgan fingerprint density at radius 3 is 2.64 bits per heavy atom. The van der Waals surface area contributed by atoms with Crippen LogP contribution in [0, 0.1) is 0 Å². The number of benzene rings is 2. The lowest BCUT2D eigenvalue weighted by atomic mass is 10.0. The molecule has 2 aromatic carbocycles. The van der Waals surface area contributed by atoms with Crippen molar-refractivity contribution in [2.24, 2.45) is 5.73 Å². The lowest BCUT2D eigenvalue weighted by molar-refractivity contribution is -0.115. The third-order valence-electron chi connectivity index (χ3n) is 5.29. The van der Waals surface area contributed by atoms with Crippen LogP contribution in [0.3, 0.4) is 0 Å². The van der Waals surface area contributed by atoms with Crippen molar-refractivity contribution in [1.82, 2.24) is 5.32 Å². The predicted octanol–water partition coefficient (Wildman–Crippen LogP) is 5.43. The van der Waals surface area contributed by atoms with Crippen LogP contribution in [0.1, 0.15) is 43.4 Å². The first-order valence-corrected chi connectivity index (χ1v) is 11.1. The second-order valence-electron chi connectivity index (χ2n) is 8.13. The Kier molecular flexibility index (Phi) is 8.53. The smallest absolute Gasteiger partial charge is 0.248 e. The fourth-order valence-electron chi connectivity index (χ4n) is 3.49. The Labute approximate surface area is 196 Å². The Balaban J connectivity index is 1.90. The first-order chi connectivity index (χ1) is 16.0. The lowest BCUT2D eigenvalue weighted by Gasteiger charge is -2.17. The largest absolute Gasteiger partial charge is 0.496 e. The van der Waals surface area contributed by atoms with Crippen LogP contribution in [0.4, 0.5) is 0 Å². The van der Waals surface area contributed by atoms with E-state index in [4.69, 9.17) is 15.2 Å².